The van der Waals surface area contributed by atoms with Crippen molar-refractivity contribution in [1.29, 1.82) is 0 Å². The summed E-state index contributed by atoms with van der Waals surface area (Å²) in [7, 11) is -0.921. The fraction of sp³-hybridized carbons (Fsp3) is 0.368. The van der Waals surface area contributed by atoms with Crippen molar-refractivity contribution in [2.24, 2.45) is 0 Å². The van der Waals surface area contributed by atoms with Gasteiger partial charge in [-0.05, 0) is 103 Å². The number of fused-ring (bicyclic) bond motifs is 2. The van der Waals surface area contributed by atoms with Crippen LogP contribution in [-0.4, -0.2) is 42.9 Å². The maximum atomic E-state index is 6.75. The van der Waals surface area contributed by atoms with Gasteiger partial charge in [0, 0.05) is 11.1 Å². The summed E-state index contributed by atoms with van der Waals surface area (Å²) in [4.78, 5) is 0. The van der Waals surface area contributed by atoms with Gasteiger partial charge in [-0.1, -0.05) is 60.7 Å². The van der Waals surface area contributed by atoms with E-state index in [4.69, 9.17) is 32.8 Å². The molecular weight excluding hydrogens is 590 g/mol. The SMILES string of the molecule is CC1(C)OB(c2ccc(OC(Oc3ccc(B4OC(C)(C)C(C)(C)O4)cc3)C3c4ccccc4Oc4ccccc43)cc2)OC1(C)C. The lowest BCUT2D eigenvalue weighted by Gasteiger charge is -2.34. The molecule has 4 aromatic carbocycles. The Morgan fingerprint density at radius 3 is 1.19 bits per heavy atom. The first-order valence-corrected chi connectivity index (χ1v) is 16.3. The maximum Gasteiger partial charge on any atom is 0.494 e. The highest BCUT2D eigenvalue weighted by molar-refractivity contribution is 6.62. The molecule has 7 rings (SSSR count). The number of hydrogen-bond donors (Lipinski definition) is 0. The van der Waals surface area contributed by atoms with Gasteiger partial charge in [0.15, 0.2) is 0 Å². The summed E-state index contributed by atoms with van der Waals surface area (Å²) in [5.74, 6) is 2.60. The van der Waals surface area contributed by atoms with Gasteiger partial charge in [-0.15, -0.1) is 0 Å². The Hall–Kier alpha value is -3.75. The first-order chi connectivity index (χ1) is 22.2. The van der Waals surface area contributed by atoms with Crippen LogP contribution in [0, 0.1) is 0 Å². The van der Waals surface area contributed by atoms with Crippen LogP contribution in [0.1, 0.15) is 72.4 Å². The van der Waals surface area contributed by atoms with Crippen molar-refractivity contribution in [3.8, 4) is 23.0 Å². The molecule has 4 aromatic rings. The third kappa shape index (κ3) is 5.84. The Balaban J connectivity index is 1.19. The molecular formula is C38H42B2O7. The molecule has 0 saturated carbocycles. The number of rotatable bonds is 7. The second kappa shape index (κ2) is 11.4. The molecule has 0 aromatic heterocycles. The lowest BCUT2D eigenvalue weighted by molar-refractivity contribution is -0.00880. The summed E-state index contributed by atoms with van der Waals surface area (Å²) in [5.41, 5.74) is 2.13. The van der Waals surface area contributed by atoms with Gasteiger partial charge >= 0.3 is 14.2 Å². The molecule has 0 atom stereocenters. The van der Waals surface area contributed by atoms with E-state index in [1.54, 1.807) is 0 Å². The first-order valence-electron chi connectivity index (χ1n) is 16.3. The van der Waals surface area contributed by atoms with E-state index < -0.39 is 42.9 Å². The van der Waals surface area contributed by atoms with Gasteiger partial charge in [0.1, 0.15) is 23.0 Å². The lowest BCUT2D eigenvalue weighted by Crippen LogP contribution is -2.41. The quantitative estimate of drug-likeness (QED) is 0.161. The number of ether oxygens (including phenoxy) is 3. The Kier molecular flexibility index (Phi) is 7.75. The van der Waals surface area contributed by atoms with Crippen molar-refractivity contribution < 1.29 is 32.8 Å². The minimum absolute atomic E-state index is 0.276. The molecule has 7 nitrogen and oxygen atoms in total. The largest absolute Gasteiger partial charge is 0.494 e. The predicted molar refractivity (Wildman–Crippen MR) is 184 cm³/mol. The van der Waals surface area contributed by atoms with Crippen molar-refractivity contribution in [1.82, 2.24) is 0 Å². The Bertz CT molecular complexity index is 1590. The molecule has 9 heteroatoms. The van der Waals surface area contributed by atoms with E-state index in [-0.39, 0.29) is 5.92 Å². The fourth-order valence-corrected chi connectivity index (χ4v) is 6.03. The Morgan fingerprint density at radius 2 is 0.830 bits per heavy atom. The molecule has 0 unspecified atom stereocenters. The summed E-state index contributed by atoms with van der Waals surface area (Å²) >= 11 is 0. The average molecular weight is 632 g/mol. The molecule has 0 aliphatic carbocycles. The van der Waals surface area contributed by atoms with Crippen molar-refractivity contribution >= 4 is 25.2 Å². The topological polar surface area (TPSA) is 64.6 Å². The normalized spacial score (nSPS) is 20.4. The molecule has 2 saturated heterocycles. The standard InChI is InChI=1S/C38H42B2O7/c1-35(2)36(3,4)45-39(44-35)25-17-21-27(22-18-25)41-34(33-29-13-9-11-15-31(29)43-32-16-12-10-14-30(32)33)42-28-23-19-26(20-24-28)40-46-37(5,6)38(7,8)47-40/h9-24,33-34H,1-8H3. The molecule has 2 fully saturated rings. The average Bonchev–Trinajstić information content (AvgIpc) is 3.39. The van der Waals surface area contributed by atoms with Gasteiger partial charge in [-0.2, -0.15) is 0 Å². The summed E-state index contributed by atoms with van der Waals surface area (Å²) in [6.07, 6.45) is -0.730. The first kappa shape index (κ1) is 31.8. The van der Waals surface area contributed by atoms with Crippen molar-refractivity contribution in [3.63, 3.8) is 0 Å². The van der Waals surface area contributed by atoms with Crippen LogP contribution in [0.4, 0.5) is 0 Å². The lowest BCUT2D eigenvalue weighted by atomic mass is 9.79. The Labute approximate surface area is 278 Å². The molecule has 0 radical (unpaired) electrons. The molecule has 242 valence electrons. The van der Waals surface area contributed by atoms with Gasteiger partial charge in [0.25, 0.3) is 6.29 Å². The number of para-hydroxylation sites is 2. The van der Waals surface area contributed by atoms with Crippen LogP contribution >= 0.6 is 0 Å². The summed E-state index contributed by atoms with van der Waals surface area (Å²) in [6.45, 7) is 16.4. The molecule has 0 bridgehead atoms. The smallest absolute Gasteiger partial charge is 0.457 e. The second-order valence-electron chi connectivity index (χ2n) is 14.6. The zero-order valence-electron chi connectivity index (χ0n) is 28.4. The van der Waals surface area contributed by atoms with Gasteiger partial charge < -0.3 is 32.8 Å². The third-order valence-electron chi connectivity index (χ3n) is 10.3. The second-order valence-corrected chi connectivity index (χ2v) is 14.6. The highest BCUT2D eigenvalue weighted by Crippen LogP contribution is 2.47. The predicted octanol–water partition coefficient (Wildman–Crippen LogP) is 7.01. The van der Waals surface area contributed by atoms with E-state index in [2.05, 4.69) is 67.5 Å². The molecule has 47 heavy (non-hydrogen) atoms. The highest BCUT2D eigenvalue weighted by atomic mass is 16.7. The van der Waals surface area contributed by atoms with Crippen LogP contribution < -0.4 is 25.1 Å². The van der Waals surface area contributed by atoms with Crippen LogP contribution in [0.5, 0.6) is 23.0 Å². The number of benzene rings is 4. The van der Waals surface area contributed by atoms with Crippen LogP contribution in [-0.2, 0) is 18.6 Å². The minimum atomic E-state index is -0.730. The van der Waals surface area contributed by atoms with Crippen molar-refractivity contribution in [2.75, 3.05) is 0 Å². The summed E-state index contributed by atoms with van der Waals surface area (Å²) < 4.78 is 44.9. The van der Waals surface area contributed by atoms with Crippen molar-refractivity contribution in [2.45, 2.75) is 90.0 Å². The third-order valence-corrected chi connectivity index (χ3v) is 10.3. The zero-order chi connectivity index (χ0) is 33.2. The molecule has 0 spiro atoms. The monoisotopic (exact) mass is 632 g/mol. The molecule has 3 aliphatic heterocycles. The Morgan fingerprint density at radius 1 is 0.489 bits per heavy atom. The minimum Gasteiger partial charge on any atom is -0.457 e. The maximum absolute atomic E-state index is 6.75. The van der Waals surface area contributed by atoms with Crippen LogP contribution in [0.25, 0.3) is 0 Å². The highest BCUT2D eigenvalue weighted by Gasteiger charge is 2.52. The fourth-order valence-electron chi connectivity index (χ4n) is 6.03. The molecule has 3 heterocycles. The van der Waals surface area contributed by atoms with E-state index in [1.807, 2.05) is 84.9 Å². The van der Waals surface area contributed by atoms with Gasteiger partial charge in [0.2, 0.25) is 0 Å². The van der Waals surface area contributed by atoms with E-state index in [1.165, 1.54) is 0 Å². The van der Waals surface area contributed by atoms with Crippen molar-refractivity contribution in [3.05, 3.63) is 108 Å². The van der Waals surface area contributed by atoms with Crippen LogP contribution in [0.3, 0.4) is 0 Å². The zero-order valence-corrected chi connectivity index (χ0v) is 28.4. The van der Waals surface area contributed by atoms with E-state index >= 15 is 0 Å². The van der Waals surface area contributed by atoms with Gasteiger partial charge in [-0.3, -0.25) is 0 Å². The van der Waals surface area contributed by atoms with E-state index in [0.717, 1.165) is 33.6 Å². The molecule has 0 amide bonds. The number of hydrogen-bond acceptors (Lipinski definition) is 7. The van der Waals surface area contributed by atoms with Gasteiger partial charge in [-0.25, -0.2) is 0 Å². The molecule has 3 aliphatic rings. The van der Waals surface area contributed by atoms with Gasteiger partial charge in [0.05, 0.1) is 28.3 Å². The van der Waals surface area contributed by atoms with Crippen LogP contribution in [0.15, 0.2) is 97.1 Å². The van der Waals surface area contributed by atoms with E-state index in [0.29, 0.717) is 11.5 Å². The summed E-state index contributed by atoms with van der Waals surface area (Å²) in [5, 5.41) is 0. The summed E-state index contributed by atoms with van der Waals surface area (Å²) in [6, 6.07) is 31.8. The molecule has 0 N–H and O–H groups in total. The van der Waals surface area contributed by atoms with Crippen LogP contribution in [0.2, 0.25) is 0 Å². The van der Waals surface area contributed by atoms with E-state index in [9.17, 15) is 0 Å².